The van der Waals surface area contributed by atoms with E-state index in [0.717, 1.165) is 12.1 Å². The lowest BCUT2D eigenvalue weighted by atomic mass is 9.98. The van der Waals surface area contributed by atoms with Crippen LogP contribution in [0.1, 0.15) is 41.2 Å². The van der Waals surface area contributed by atoms with Gasteiger partial charge in [-0.25, -0.2) is 22.0 Å². The van der Waals surface area contributed by atoms with Gasteiger partial charge in [0.1, 0.15) is 17.7 Å². The van der Waals surface area contributed by atoms with Gasteiger partial charge in [-0.05, 0) is 58.6 Å². The zero-order valence-corrected chi connectivity index (χ0v) is 21.6. The lowest BCUT2D eigenvalue weighted by Gasteiger charge is -2.37. The number of rotatable bonds is 12. The van der Waals surface area contributed by atoms with Gasteiger partial charge in [0.2, 0.25) is 5.91 Å². The van der Waals surface area contributed by atoms with Crippen molar-refractivity contribution >= 4 is 5.91 Å². The second-order valence-corrected chi connectivity index (χ2v) is 9.41. The number of hydrogen-bond acceptors (Lipinski definition) is 4. The minimum atomic E-state index is -3.21. The average Bonchev–Trinajstić information content (AvgIpc) is 2.80. The third kappa shape index (κ3) is 7.70. The molecule has 0 unspecified atom stereocenters. The highest BCUT2D eigenvalue weighted by Crippen LogP contribution is 2.28. The van der Waals surface area contributed by atoms with Crippen molar-refractivity contribution in [2.45, 2.75) is 64.6 Å². The Morgan fingerprint density at radius 3 is 2.19 bits per heavy atom. The average molecular weight is 517 g/mol. The molecule has 2 atom stereocenters. The van der Waals surface area contributed by atoms with Crippen LogP contribution >= 0.6 is 0 Å². The molecule has 0 aliphatic rings. The molecule has 202 valence electrons. The fourth-order valence-electron chi connectivity index (χ4n) is 3.75. The van der Waals surface area contributed by atoms with Crippen LogP contribution in [-0.2, 0) is 11.2 Å². The number of pyridine rings is 1. The summed E-state index contributed by atoms with van der Waals surface area (Å²) in [5, 5.41) is 2.38. The molecule has 1 aromatic carbocycles. The molecule has 36 heavy (non-hydrogen) atoms. The van der Waals surface area contributed by atoms with Crippen LogP contribution in [0.25, 0.3) is 11.1 Å². The highest BCUT2D eigenvalue weighted by molar-refractivity contribution is 5.79. The standard InChI is InChI=1S/C26H35F5N4O.H2/c1-7-26(30,31)25(17(4)35(6)11-10-34(5)16(2)3)33-23(36)15-22-24(29)21(8-9-32-22)18-12-19(27)14-20(28)13-18;/h8-9,12-14,16-17,25H,7,10-11,15H2,1-6H3,(H,33,36);1H/t17-,25+;/m0./s1. The molecule has 1 heterocycles. The monoisotopic (exact) mass is 516 g/mol. The topological polar surface area (TPSA) is 48.5 Å². The van der Waals surface area contributed by atoms with Gasteiger partial charge in [-0.3, -0.25) is 9.78 Å². The molecule has 10 heteroatoms. The Kier molecular flexibility index (Phi) is 10.4. The van der Waals surface area contributed by atoms with E-state index in [0.29, 0.717) is 25.2 Å². The van der Waals surface area contributed by atoms with E-state index in [-0.39, 0.29) is 18.2 Å². The third-order valence-electron chi connectivity index (χ3n) is 6.57. The van der Waals surface area contributed by atoms with E-state index in [4.69, 9.17) is 0 Å². The summed E-state index contributed by atoms with van der Waals surface area (Å²) in [5.74, 6) is -6.76. The largest absolute Gasteiger partial charge is 0.345 e. The summed E-state index contributed by atoms with van der Waals surface area (Å²) in [6.45, 7) is 8.17. The molecule has 2 aromatic rings. The van der Waals surface area contributed by atoms with Crippen LogP contribution in [0.15, 0.2) is 30.5 Å². The molecule has 0 saturated heterocycles. The van der Waals surface area contributed by atoms with Crippen molar-refractivity contribution in [1.82, 2.24) is 20.1 Å². The quantitative estimate of drug-likeness (QED) is 0.397. The van der Waals surface area contributed by atoms with Crippen molar-refractivity contribution in [3.63, 3.8) is 0 Å². The van der Waals surface area contributed by atoms with Gasteiger partial charge in [-0.1, -0.05) is 6.92 Å². The zero-order chi connectivity index (χ0) is 27.2. The molecule has 0 radical (unpaired) electrons. The van der Waals surface area contributed by atoms with Crippen molar-refractivity contribution in [2.24, 2.45) is 0 Å². The number of hydrogen-bond donors (Lipinski definition) is 1. The second-order valence-electron chi connectivity index (χ2n) is 9.41. The smallest absolute Gasteiger partial charge is 0.269 e. The summed E-state index contributed by atoms with van der Waals surface area (Å²) in [5.41, 5.74) is -0.525. The molecule has 0 spiro atoms. The maximum absolute atomic E-state index is 15.1. The van der Waals surface area contributed by atoms with E-state index < -0.39 is 54.2 Å². The van der Waals surface area contributed by atoms with E-state index in [1.807, 2.05) is 20.9 Å². The Labute approximate surface area is 211 Å². The molecule has 2 rings (SSSR count). The van der Waals surface area contributed by atoms with Crippen LogP contribution in [0.2, 0.25) is 0 Å². The molecular formula is C26H37F5N4O. The second kappa shape index (κ2) is 12.6. The van der Waals surface area contributed by atoms with Crippen LogP contribution in [0.3, 0.4) is 0 Å². The molecule has 0 saturated carbocycles. The maximum atomic E-state index is 15.1. The number of benzene rings is 1. The third-order valence-corrected chi connectivity index (χ3v) is 6.57. The van der Waals surface area contributed by atoms with Gasteiger partial charge in [0.15, 0.2) is 5.82 Å². The minimum absolute atomic E-state index is 0. The van der Waals surface area contributed by atoms with E-state index in [1.165, 1.54) is 19.2 Å². The lowest BCUT2D eigenvalue weighted by Crippen LogP contribution is -2.58. The number of likely N-dealkylation sites (N-methyl/N-ethyl adjacent to an activating group) is 2. The predicted molar refractivity (Wildman–Crippen MR) is 132 cm³/mol. The van der Waals surface area contributed by atoms with Crippen LogP contribution in [-0.4, -0.2) is 71.9 Å². The lowest BCUT2D eigenvalue weighted by molar-refractivity contribution is -0.127. The summed E-state index contributed by atoms with van der Waals surface area (Å²) in [6, 6.07) is 1.85. The Morgan fingerprint density at radius 1 is 1.06 bits per heavy atom. The van der Waals surface area contributed by atoms with Gasteiger partial charge in [-0.2, -0.15) is 0 Å². The number of alkyl halides is 2. The fraction of sp³-hybridized carbons (Fsp3) is 0.538. The number of halogens is 5. The van der Waals surface area contributed by atoms with Crippen LogP contribution in [0.5, 0.6) is 0 Å². The Bertz CT molecular complexity index is 1020. The van der Waals surface area contributed by atoms with Gasteiger partial charge in [-0.15, -0.1) is 0 Å². The Morgan fingerprint density at radius 2 is 1.64 bits per heavy atom. The normalized spacial score (nSPS) is 13.9. The summed E-state index contributed by atoms with van der Waals surface area (Å²) in [7, 11) is 3.66. The number of aromatic nitrogens is 1. The molecule has 0 fully saturated rings. The van der Waals surface area contributed by atoms with Gasteiger partial charge >= 0.3 is 0 Å². The Hall–Kier alpha value is -2.59. The van der Waals surface area contributed by atoms with Gasteiger partial charge in [0, 0.05) is 50.8 Å². The highest BCUT2D eigenvalue weighted by atomic mass is 19.3. The highest BCUT2D eigenvalue weighted by Gasteiger charge is 2.43. The van der Waals surface area contributed by atoms with Crippen molar-refractivity contribution in [1.29, 1.82) is 0 Å². The molecule has 0 aliphatic carbocycles. The fourth-order valence-corrected chi connectivity index (χ4v) is 3.75. The molecular weight excluding hydrogens is 479 g/mol. The van der Waals surface area contributed by atoms with Crippen molar-refractivity contribution in [2.75, 3.05) is 27.2 Å². The van der Waals surface area contributed by atoms with E-state index in [2.05, 4.69) is 15.2 Å². The van der Waals surface area contributed by atoms with E-state index >= 15 is 4.39 Å². The number of nitrogens with one attached hydrogen (secondary N) is 1. The van der Waals surface area contributed by atoms with Gasteiger partial charge in [0.05, 0.1) is 12.1 Å². The van der Waals surface area contributed by atoms with Gasteiger partial charge < -0.3 is 15.1 Å². The van der Waals surface area contributed by atoms with Crippen molar-refractivity contribution < 1.29 is 28.2 Å². The first kappa shape index (κ1) is 29.6. The molecule has 0 aliphatic heterocycles. The predicted octanol–water partition coefficient (Wildman–Crippen LogP) is 5.15. The molecule has 1 amide bonds. The van der Waals surface area contributed by atoms with Crippen molar-refractivity contribution in [3.05, 3.63) is 53.6 Å². The molecule has 1 N–H and O–H groups in total. The van der Waals surface area contributed by atoms with Crippen LogP contribution in [0.4, 0.5) is 22.0 Å². The van der Waals surface area contributed by atoms with Crippen molar-refractivity contribution in [3.8, 4) is 11.1 Å². The summed E-state index contributed by atoms with van der Waals surface area (Å²) in [6.07, 6.45) is 0.0964. The van der Waals surface area contributed by atoms with Crippen LogP contribution in [0, 0.1) is 17.5 Å². The number of carbonyl (C=O) groups excluding carboxylic acids is 1. The van der Waals surface area contributed by atoms with Gasteiger partial charge in [0.25, 0.3) is 5.92 Å². The first-order chi connectivity index (χ1) is 16.8. The SMILES string of the molecule is CCC(F)(F)[C@H](NC(=O)Cc1nccc(-c2cc(F)cc(F)c2)c1F)[C@H](C)N(C)CCN(C)C(C)C.[HH]. The molecule has 0 bridgehead atoms. The van der Waals surface area contributed by atoms with E-state index in [9.17, 15) is 22.4 Å². The van der Waals surface area contributed by atoms with E-state index in [1.54, 1.807) is 18.9 Å². The minimum Gasteiger partial charge on any atom is -0.345 e. The Balaban J connectivity index is 0.00000684. The summed E-state index contributed by atoms with van der Waals surface area (Å²) >= 11 is 0. The first-order valence-corrected chi connectivity index (χ1v) is 11.9. The molecule has 5 nitrogen and oxygen atoms in total. The summed E-state index contributed by atoms with van der Waals surface area (Å²) < 4.78 is 72.1. The summed E-state index contributed by atoms with van der Waals surface area (Å²) in [4.78, 5) is 20.5. The zero-order valence-electron chi connectivity index (χ0n) is 21.6. The molecule has 1 aromatic heterocycles. The first-order valence-electron chi connectivity index (χ1n) is 11.9. The number of amides is 1. The number of nitrogens with zero attached hydrogens (tertiary/aromatic N) is 3. The van der Waals surface area contributed by atoms with Crippen LogP contribution < -0.4 is 5.32 Å². The number of carbonyl (C=O) groups is 1. The maximum Gasteiger partial charge on any atom is 0.269 e.